The summed E-state index contributed by atoms with van der Waals surface area (Å²) in [5, 5.41) is 15.3. The van der Waals surface area contributed by atoms with Crippen LogP contribution in [0.15, 0.2) is 18.2 Å². The van der Waals surface area contributed by atoms with Gasteiger partial charge >= 0.3 is 0 Å². The predicted octanol–water partition coefficient (Wildman–Crippen LogP) is 3.99. The minimum Gasteiger partial charge on any atom is -0.377 e. The fourth-order valence-corrected chi connectivity index (χ4v) is 3.42. The lowest BCUT2D eigenvalue weighted by Crippen LogP contribution is -2.27. The molecule has 0 radical (unpaired) electrons. The van der Waals surface area contributed by atoms with Gasteiger partial charge in [0.2, 0.25) is 0 Å². The second-order valence-corrected chi connectivity index (χ2v) is 6.22. The summed E-state index contributed by atoms with van der Waals surface area (Å²) in [7, 11) is 0. The number of anilines is 1. The number of aryl methyl sites for hydroxylation is 1. The quantitative estimate of drug-likeness (QED) is 0.669. The Bertz CT molecular complexity index is 457. The van der Waals surface area contributed by atoms with Gasteiger partial charge in [-0.2, -0.15) is 11.8 Å². The van der Waals surface area contributed by atoms with Crippen LogP contribution in [0.5, 0.6) is 0 Å². The lowest BCUT2D eigenvalue weighted by atomic mass is 9.94. The molecule has 0 aliphatic heterocycles. The summed E-state index contributed by atoms with van der Waals surface area (Å²) < 4.78 is 0. The Balaban J connectivity index is 2.08. The van der Waals surface area contributed by atoms with E-state index in [9.17, 15) is 10.1 Å². The number of hydrogen-bond donors (Lipinski definition) is 1. The Kier molecular flexibility index (Phi) is 4.69. The zero-order valence-corrected chi connectivity index (χ0v) is 12.2. The zero-order valence-electron chi connectivity index (χ0n) is 11.4. The number of para-hydroxylation sites is 1. The molecule has 5 heteroatoms. The van der Waals surface area contributed by atoms with Crippen LogP contribution in [0.1, 0.15) is 31.2 Å². The van der Waals surface area contributed by atoms with Gasteiger partial charge in [0.25, 0.3) is 5.69 Å². The zero-order chi connectivity index (χ0) is 13.8. The first-order chi connectivity index (χ1) is 9.11. The van der Waals surface area contributed by atoms with Gasteiger partial charge in [0.15, 0.2) is 0 Å². The van der Waals surface area contributed by atoms with Crippen LogP contribution in [0, 0.1) is 17.0 Å². The van der Waals surface area contributed by atoms with Crippen LogP contribution >= 0.6 is 11.8 Å². The fourth-order valence-electron chi connectivity index (χ4n) is 2.68. The van der Waals surface area contributed by atoms with Crippen LogP contribution in [0.4, 0.5) is 11.4 Å². The molecule has 1 saturated carbocycles. The van der Waals surface area contributed by atoms with E-state index in [4.69, 9.17) is 0 Å². The number of benzene rings is 1. The number of thioether (sulfide) groups is 1. The maximum absolute atomic E-state index is 11.1. The number of nitro benzene ring substituents is 1. The highest BCUT2D eigenvalue weighted by molar-refractivity contribution is 7.99. The molecule has 0 saturated heterocycles. The number of nitrogens with zero attached hydrogens (tertiary/aromatic N) is 1. The molecule has 0 atom stereocenters. The average molecular weight is 280 g/mol. The third-order valence-corrected chi connectivity index (χ3v) is 4.93. The van der Waals surface area contributed by atoms with E-state index < -0.39 is 0 Å². The molecule has 19 heavy (non-hydrogen) atoms. The largest absolute Gasteiger partial charge is 0.377 e. The maximum Gasteiger partial charge on any atom is 0.295 e. The lowest BCUT2D eigenvalue weighted by Gasteiger charge is -2.28. The number of rotatable bonds is 4. The lowest BCUT2D eigenvalue weighted by molar-refractivity contribution is -0.384. The molecule has 2 rings (SSSR count). The summed E-state index contributed by atoms with van der Waals surface area (Å²) in [5.41, 5.74) is 1.60. The first-order valence-corrected chi connectivity index (χ1v) is 7.94. The van der Waals surface area contributed by atoms with Gasteiger partial charge in [-0.25, -0.2) is 0 Å². The van der Waals surface area contributed by atoms with Crippen molar-refractivity contribution in [3.8, 4) is 0 Å². The van der Waals surface area contributed by atoms with E-state index >= 15 is 0 Å². The van der Waals surface area contributed by atoms with Crippen molar-refractivity contribution in [2.24, 2.45) is 0 Å². The third-order valence-electron chi connectivity index (χ3n) is 3.79. The number of nitro groups is 1. The van der Waals surface area contributed by atoms with Crippen LogP contribution in [-0.4, -0.2) is 22.5 Å². The van der Waals surface area contributed by atoms with Crippen LogP contribution < -0.4 is 5.32 Å². The van der Waals surface area contributed by atoms with Gasteiger partial charge < -0.3 is 5.32 Å². The van der Waals surface area contributed by atoms with E-state index in [1.165, 1.54) is 12.8 Å². The Morgan fingerprint density at radius 1 is 1.32 bits per heavy atom. The Morgan fingerprint density at radius 2 is 2.00 bits per heavy atom. The summed E-state index contributed by atoms with van der Waals surface area (Å²) in [6, 6.07) is 5.83. The van der Waals surface area contributed by atoms with Gasteiger partial charge in [-0.05, 0) is 44.9 Å². The average Bonchev–Trinajstić information content (AvgIpc) is 2.39. The molecule has 0 bridgehead atoms. The summed E-state index contributed by atoms with van der Waals surface area (Å²) in [5.74, 6) is 0. The van der Waals surface area contributed by atoms with Gasteiger partial charge in [0.05, 0.1) is 4.92 Å². The fraction of sp³-hybridized carbons (Fsp3) is 0.571. The molecule has 0 spiro atoms. The first-order valence-electron chi connectivity index (χ1n) is 6.65. The van der Waals surface area contributed by atoms with Crippen LogP contribution in [-0.2, 0) is 0 Å². The van der Waals surface area contributed by atoms with Gasteiger partial charge in [-0.3, -0.25) is 10.1 Å². The van der Waals surface area contributed by atoms with Crippen molar-refractivity contribution in [2.75, 3.05) is 11.6 Å². The summed E-state index contributed by atoms with van der Waals surface area (Å²) >= 11 is 1.93. The molecule has 0 amide bonds. The molecule has 1 N–H and O–H groups in total. The smallest absolute Gasteiger partial charge is 0.295 e. The van der Waals surface area contributed by atoms with E-state index in [-0.39, 0.29) is 10.6 Å². The summed E-state index contributed by atoms with van der Waals surface area (Å²) in [6.07, 6.45) is 6.73. The Hall–Kier alpha value is -1.23. The minimum atomic E-state index is -0.287. The summed E-state index contributed by atoms with van der Waals surface area (Å²) in [4.78, 5) is 10.9. The van der Waals surface area contributed by atoms with Crippen molar-refractivity contribution >= 4 is 23.1 Å². The maximum atomic E-state index is 11.1. The molecular formula is C14H20N2O2S. The number of hydrogen-bond acceptors (Lipinski definition) is 4. The van der Waals surface area contributed by atoms with Gasteiger partial charge in [-0.1, -0.05) is 12.1 Å². The highest BCUT2D eigenvalue weighted by Gasteiger charge is 2.23. The molecular weight excluding hydrogens is 260 g/mol. The van der Waals surface area contributed by atoms with Crippen LogP contribution in [0.3, 0.4) is 0 Å². The van der Waals surface area contributed by atoms with Crippen molar-refractivity contribution in [3.63, 3.8) is 0 Å². The van der Waals surface area contributed by atoms with Crippen molar-refractivity contribution < 1.29 is 4.92 Å². The highest BCUT2D eigenvalue weighted by atomic mass is 32.2. The van der Waals surface area contributed by atoms with E-state index in [2.05, 4.69) is 11.6 Å². The minimum absolute atomic E-state index is 0.217. The van der Waals surface area contributed by atoms with E-state index in [1.54, 1.807) is 13.0 Å². The molecule has 0 unspecified atom stereocenters. The molecule has 1 aliphatic rings. The molecule has 1 aliphatic carbocycles. The predicted molar refractivity (Wildman–Crippen MR) is 81.0 cm³/mol. The Morgan fingerprint density at radius 3 is 2.58 bits per heavy atom. The Labute approximate surface area is 118 Å². The van der Waals surface area contributed by atoms with E-state index in [0.717, 1.165) is 18.1 Å². The van der Waals surface area contributed by atoms with Crippen molar-refractivity contribution in [2.45, 2.75) is 43.9 Å². The van der Waals surface area contributed by atoms with E-state index in [0.29, 0.717) is 17.3 Å². The molecule has 0 aromatic heterocycles. The van der Waals surface area contributed by atoms with Crippen molar-refractivity contribution in [3.05, 3.63) is 33.9 Å². The second kappa shape index (κ2) is 6.28. The first kappa shape index (κ1) is 14.2. The summed E-state index contributed by atoms with van der Waals surface area (Å²) in [6.45, 7) is 1.79. The molecule has 104 valence electrons. The molecule has 1 aromatic carbocycles. The van der Waals surface area contributed by atoms with Crippen molar-refractivity contribution in [1.82, 2.24) is 0 Å². The second-order valence-electron chi connectivity index (χ2n) is 5.08. The molecule has 4 nitrogen and oxygen atoms in total. The topological polar surface area (TPSA) is 55.2 Å². The number of nitrogens with one attached hydrogen (secondary N) is 1. The monoisotopic (exact) mass is 280 g/mol. The van der Waals surface area contributed by atoms with Gasteiger partial charge in [-0.15, -0.1) is 0 Å². The van der Waals surface area contributed by atoms with Crippen LogP contribution in [0.25, 0.3) is 0 Å². The van der Waals surface area contributed by atoms with Crippen molar-refractivity contribution in [1.29, 1.82) is 0 Å². The van der Waals surface area contributed by atoms with Crippen LogP contribution in [0.2, 0.25) is 0 Å². The SMILES string of the molecule is CSC1CCC(Nc2cccc(C)c2[N+](=O)[O-])CC1. The normalized spacial score (nSPS) is 23.1. The third kappa shape index (κ3) is 3.41. The molecule has 0 heterocycles. The highest BCUT2D eigenvalue weighted by Crippen LogP contribution is 2.32. The molecule has 1 fully saturated rings. The molecule has 1 aromatic rings. The standard InChI is InChI=1S/C14H20N2O2S/c1-10-4-3-5-13(14(10)16(17)18)15-11-6-8-12(19-2)9-7-11/h3-5,11-12,15H,6-9H2,1-2H3. The van der Waals surface area contributed by atoms with E-state index in [1.807, 2.05) is 23.9 Å². The van der Waals surface area contributed by atoms with Gasteiger partial charge in [0, 0.05) is 16.9 Å². The van der Waals surface area contributed by atoms with Gasteiger partial charge in [0.1, 0.15) is 5.69 Å².